The fourth-order valence-corrected chi connectivity index (χ4v) is 3.39. The Morgan fingerprint density at radius 2 is 1.56 bits per heavy atom. The third-order valence-corrected chi connectivity index (χ3v) is 5.13. The summed E-state index contributed by atoms with van der Waals surface area (Å²) in [7, 11) is 1.54. The largest absolute Gasteiger partial charge is 0.467 e. The van der Waals surface area contributed by atoms with E-state index in [0.717, 1.165) is 11.1 Å². The van der Waals surface area contributed by atoms with Crippen LogP contribution in [0, 0.1) is 31.5 Å². The van der Waals surface area contributed by atoms with E-state index in [0.29, 0.717) is 28.0 Å². The van der Waals surface area contributed by atoms with E-state index in [1.54, 1.807) is 50.4 Å². The first-order chi connectivity index (χ1) is 16.3. The molecule has 174 valence electrons. The number of hydrogen-bond acceptors (Lipinski definition) is 5. The van der Waals surface area contributed by atoms with Crippen molar-refractivity contribution in [2.45, 2.75) is 20.8 Å². The summed E-state index contributed by atoms with van der Waals surface area (Å²) in [5.74, 6) is 4.92. The van der Waals surface area contributed by atoms with Gasteiger partial charge in [-0.15, -0.1) is 0 Å². The van der Waals surface area contributed by atoms with Gasteiger partial charge in [-0.1, -0.05) is 24.0 Å². The molecule has 3 aromatic carbocycles. The average Bonchev–Trinajstić information content (AvgIpc) is 2.83. The third-order valence-electron chi connectivity index (χ3n) is 5.13. The average molecular weight is 461 g/mol. The predicted molar refractivity (Wildman–Crippen MR) is 127 cm³/mol. The van der Waals surface area contributed by atoms with Gasteiger partial charge in [0.15, 0.2) is 12.6 Å². The highest BCUT2D eigenvalue weighted by Crippen LogP contribution is 2.28. The van der Waals surface area contributed by atoms with Crippen LogP contribution in [0.1, 0.15) is 55.5 Å². The number of aryl methyl sites for hydroxylation is 1. The minimum atomic E-state index is -0.707. The van der Waals surface area contributed by atoms with Gasteiger partial charge >= 0.3 is 5.97 Å². The van der Waals surface area contributed by atoms with E-state index in [4.69, 9.17) is 14.2 Å². The molecule has 0 aliphatic carbocycles. The normalized spacial score (nSPS) is 10.3. The van der Waals surface area contributed by atoms with Gasteiger partial charge in [-0.05, 0) is 68.8 Å². The Kier molecular flexibility index (Phi) is 8.18. The lowest BCUT2D eigenvalue weighted by Gasteiger charge is -2.14. The summed E-state index contributed by atoms with van der Waals surface area (Å²) < 4.78 is 29.6. The quantitative estimate of drug-likeness (QED) is 0.209. The van der Waals surface area contributed by atoms with Crippen molar-refractivity contribution in [3.8, 4) is 17.6 Å². The van der Waals surface area contributed by atoms with Crippen molar-refractivity contribution in [1.29, 1.82) is 0 Å². The zero-order chi connectivity index (χ0) is 24.7. The first kappa shape index (κ1) is 24.7. The molecule has 0 atom stereocenters. The monoisotopic (exact) mass is 460 g/mol. The SMILES string of the molecule is CCOC(=O)c1ccc(C#Cc2ccc(C(=O)c3ccc(C)c(OCOC)c3C)cc2)cc1F. The van der Waals surface area contributed by atoms with Gasteiger partial charge in [0, 0.05) is 34.9 Å². The summed E-state index contributed by atoms with van der Waals surface area (Å²) in [4.78, 5) is 24.8. The van der Waals surface area contributed by atoms with Crippen LogP contribution in [-0.2, 0) is 9.47 Å². The molecule has 0 saturated carbocycles. The summed E-state index contributed by atoms with van der Waals surface area (Å²) in [5.41, 5.74) is 3.69. The van der Waals surface area contributed by atoms with Crippen LogP contribution in [0.25, 0.3) is 0 Å². The van der Waals surface area contributed by atoms with Gasteiger partial charge < -0.3 is 14.2 Å². The highest BCUT2D eigenvalue weighted by Gasteiger charge is 2.16. The zero-order valence-corrected chi connectivity index (χ0v) is 19.5. The molecule has 3 rings (SSSR count). The molecule has 0 unspecified atom stereocenters. The molecule has 0 radical (unpaired) electrons. The Bertz CT molecular complexity index is 1270. The van der Waals surface area contributed by atoms with Crippen LogP contribution in [0.5, 0.6) is 5.75 Å². The fraction of sp³-hybridized carbons (Fsp3) is 0.214. The number of esters is 1. The maximum absolute atomic E-state index is 14.2. The molecule has 0 fully saturated rings. The van der Waals surface area contributed by atoms with Crippen LogP contribution >= 0.6 is 0 Å². The summed E-state index contributed by atoms with van der Waals surface area (Å²) in [6.45, 7) is 5.69. The molecular weight excluding hydrogens is 435 g/mol. The van der Waals surface area contributed by atoms with Gasteiger partial charge in [-0.3, -0.25) is 4.79 Å². The Labute approximate surface area is 198 Å². The lowest BCUT2D eigenvalue weighted by Crippen LogP contribution is -2.08. The van der Waals surface area contributed by atoms with E-state index in [-0.39, 0.29) is 24.7 Å². The number of halogens is 1. The van der Waals surface area contributed by atoms with E-state index >= 15 is 0 Å². The number of ketones is 1. The highest BCUT2D eigenvalue weighted by atomic mass is 19.1. The lowest BCUT2D eigenvalue weighted by atomic mass is 9.96. The van der Waals surface area contributed by atoms with Crippen LogP contribution in [0.2, 0.25) is 0 Å². The topological polar surface area (TPSA) is 61.8 Å². The molecule has 0 saturated heterocycles. The van der Waals surface area contributed by atoms with E-state index < -0.39 is 11.8 Å². The third kappa shape index (κ3) is 5.69. The molecule has 0 aromatic heterocycles. The summed E-state index contributed by atoms with van der Waals surface area (Å²) in [6, 6.07) is 14.6. The van der Waals surface area contributed by atoms with Crippen LogP contribution in [0.4, 0.5) is 4.39 Å². The van der Waals surface area contributed by atoms with Crippen molar-refractivity contribution in [2.24, 2.45) is 0 Å². The van der Waals surface area contributed by atoms with Crippen molar-refractivity contribution < 1.29 is 28.2 Å². The van der Waals surface area contributed by atoms with Crippen molar-refractivity contribution in [3.05, 3.63) is 99.4 Å². The van der Waals surface area contributed by atoms with Crippen LogP contribution in [0.3, 0.4) is 0 Å². The first-order valence-electron chi connectivity index (χ1n) is 10.7. The molecule has 0 bridgehead atoms. The number of rotatable bonds is 7. The smallest absolute Gasteiger partial charge is 0.341 e. The fourth-order valence-electron chi connectivity index (χ4n) is 3.39. The second kappa shape index (κ2) is 11.3. The number of methoxy groups -OCH3 is 1. The van der Waals surface area contributed by atoms with E-state index in [1.807, 2.05) is 19.9 Å². The van der Waals surface area contributed by atoms with E-state index in [2.05, 4.69) is 11.8 Å². The Hall–Kier alpha value is -3.95. The van der Waals surface area contributed by atoms with Gasteiger partial charge in [0.1, 0.15) is 11.6 Å². The van der Waals surface area contributed by atoms with Crippen LogP contribution in [-0.4, -0.2) is 32.3 Å². The van der Waals surface area contributed by atoms with Crippen molar-refractivity contribution in [3.63, 3.8) is 0 Å². The molecule has 6 heteroatoms. The summed E-state index contributed by atoms with van der Waals surface area (Å²) in [6.07, 6.45) is 0. The predicted octanol–water partition coefficient (Wildman–Crippen LogP) is 5.23. The molecule has 0 spiro atoms. The molecule has 0 aliphatic rings. The molecule has 0 heterocycles. The standard InChI is InChI=1S/C28H25FO5/c1-5-33-28(31)24-15-11-21(16-25(24)29)8-7-20-9-12-22(13-10-20)26(30)23-14-6-18(2)27(19(23)3)34-17-32-4/h6,9-16H,5,17H2,1-4H3. The maximum Gasteiger partial charge on any atom is 0.341 e. The van der Waals surface area contributed by atoms with Gasteiger partial charge in [-0.25, -0.2) is 9.18 Å². The molecule has 34 heavy (non-hydrogen) atoms. The Morgan fingerprint density at radius 3 is 2.21 bits per heavy atom. The molecular formula is C28H25FO5. The summed E-state index contributed by atoms with van der Waals surface area (Å²) in [5, 5.41) is 0. The summed E-state index contributed by atoms with van der Waals surface area (Å²) >= 11 is 0. The van der Waals surface area contributed by atoms with E-state index in [1.165, 1.54) is 12.1 Å². The zero-order valence-electron chi connectivity index (χ0n) is 19.5. The molecule has 0 N–H and O–H groups in total. The highest BCUT2D eigenvalue weighted by molar-refractivity contribution is 6.10. The molecule has 0 aliphatic heterocycles. The minimum Gasteiger partial charge on any atom is -0.467 e. The number of carbonyl (C=O) groups is 2. The van der Waals surface area contributed by atoms with Crippen molar-refractivity contribution in [2.75, 3.05) is 20.5 Å². The van der Waals surface area contributed by atoms with Gasteiger partial charge in [0.25, 0.3) is 0 Å². The van der Waals surface area contributed by atoms with Crippen LogP contribution in [0.15, 0.2) is 54.6 Å². The number of carbonyl (C=O) groups excluding carboxylic acids is 2. The number of ether oxygens (including phenoxy) is 3. The van der Waals surface area contributed by atoms with Crippen molar-refractivity contribution in [1.82, 2.24) is 0 Å². The maximum atomic E-state index is 14.2. The molecule has 3 aromatic rings. The number of benzene rings is 3. The second-order valence-electron chi connectivity index (χ2n) is 7.51. The Morgan fingerprint density at radius 1 is 0.912 bits per heavy atom. The number of hydrogen-bond donors (Lipinski definition) is 0. The molecule has 5 nitrogen and oxygen atoms in total. The Balaban J connectivity index is 1.78. The lowest BCUT2D eigenvalue weighted by molar-refractivity contribution is 0.0499. The minimum absolute atomic E-state index is 0.0993. The van der Waals surface area contributed by atoms with E-state index in [9.17, 15) is 14.0 Å². The first-order valence-corrected chi connectivity index (χ1v) is 10.7. The van der Waals surface area contributed by atoms with Gasteiger partial charge in [0.2, 0.25) is 0 Å². The van der Waals surface area contributed by atoms with Gasteiger partial charge in [-0.2, -0.15) is 0 Å². The second-order valence-corrected chi connectivity index (χ2v) is 7.51. The molecule has 0 amide bonds. The van der Waals surface area contributed by atoms with Gasteiger partial charge in [0.05, 0.1) is 12.2 Å². The van der Waals surface area contributed by atoms with Crippen LogP contribution < -0.4 is 4.74 Å². The van der Waals surface area contributed by atoms with Crippen molar-refractivity contribution >= 4 is 11.8 Å².